The minimum atomic E-state index is -0.354. The average molecular weight is 495 g/mol. The molecule has 3 heterocycles. The van der Waals surface area contributed by atoms with Crippen LogP contribution in [0.25, 0.3) is 28.0 Å². The minimum Gasteiger partial charge on any atom is -0.466 e. The minimum absolute atomic E-state index is 0.218. The van der Waals surface area contributed by atoms with Crippen molar-refractivity contribution in [2.24, 2.45) is 5.92 Å². The van der Waals surface area contributed by atoms with Crippen LogP contribution in [0.1, 0.15) is 19.8 Å². The molecule has 2 N–H and O–H groups in total. The standard InChI is InChI=1S/C25H24ClFN6O2/c1-2-35-24(34)16-6-5-13-32(14-16)25-29-21(15-9-11-17(27)12-10-15)20-22(28)33(31-23(20)30-25)19-8-4-3-7-18(19)26/h3-4,7-12,16H,2,5-6,13-14,28H2,1H3/t16-/m0/s1. The number of nitrogen functional groups attached to an aromatic ring is 1. The fourth-order valence-corrected chi connectivity index (χ4v) is 4.59. The highest BCUT2D eigenvalue weighted by atomic mass is 35.5. The SMILES string of the molecule is CCOC(=O)[C@H]1CCCN(c2nc(-c3ccc(F)cc3)c3c(N)n(-c4ccccc4Cl)nc3n2)C1. The van der Waals surface area contributed by atoms with Crippen LogP contribution in [0.3, 0.4) is 0 Å². The predicted octanol–water partition coefficient (Wildman–Crippen LogP) is 4.64. The number of anilines is 2. The quantitative estimate of drug-likeness (QED) is 0.403. The van der Waals surface area contributed by atoms with Gasteiger partial charge in [0.1, 0.15) is 11.6 Å². The highest BCUT2D eigenvalue weighted by molar-refractivity contribution is 6.32. The Hall–Kier alpha value is -3.72. The first-order valence-corrected chi connectivity index (χ1v) is 11.8. The molecule has 10 heteroatoms. The van der Waals surface area contributed by atoms with E-state index < -0.39 is 0 Å². The molecular weight excluding hydrogens is 471 g/mol. The smallest absolute Gasteiger partial charge is 0.310 e. The van der Waals surface area contributed by atoms with E-state index in [1.807, 2.05) is 23.1 Å². The molecule has 0 aliphatic carbocycles. The monoisotopic (exact) mass is 494 g/mol. The summed E-state index contributed by atoms with van der Waals surface area (Å²) in [7, 11) is 0. The van der Waals surface area contributed by atoms with Crippen molar-refractivity contribution >= 4 is 40.4 Å². The zero-order valence-corrected chi connectivity index (χ0v) is 19.9. The van der Waals surface area contributed by atoms with Crippen LogP contribution >= 0.6 is 11.6 Å². The van der Waals surface area contributed by atoms with Crippen LogP contribution in [0.5, 0.6) is 0 Å². The van der Waals surface area contributed by atoms with Crippen molar-refractivity contribution in [3.05, 3.63) is 59.4 Å². The number of nitrogens with zero attached hydrogens (tertiary/aromatic N) is 5. The maximum absolute atomic E-state index is 13.7. The van der Waals surface area contributed by atoms with E-state index in [1.54, 1.807) is 25.1 Å². The Kier molecular flexibility index (Phi) is 6.25. The third kappa shape index (κ3) is 4.39. The lowest BCUT2D eigenvalue weighted by Gasteiger charge is -2.31. The number of carbonyl (C=O) groups excluding carboxylic acids is 1. The number of halogens is 2. The third-order valence-corrected chi connectivity index (χ3v) is 6.40. The number of ether oxygens (including phenoxy) is 1. The Balaban J connectivity index is 1.65. The van der Waals surface area contributed by atoms with Crippen LogP contribution in [-0.2, 0) is 9.53 Å². The van der Waals surface area contributed by atoms with Gasteiger partial charge < -0.3 is 15.4 Å². The maximum atomic E-state index is 13.7. The second-order valence-corrected chi connectivity index (χ2v) is 8.77. The fourth-order valence-electron chi connectivity index (χ4n) is 4.38. The van der Waals surface area contributed by atoms with Crippen LogP contribution < -0.4 is 10.6 Å². The van der Waals surface area contributed by atoms with Gasteiger partial charge in [-0.15, -0.1) is 5.10 Å². The molecule has 1 aliphatic rings. The largest absolute Gasteiger partial charge is 0.466 e. The molecule has 0 radical (unpaired) electrons. The highest BCUT2D eigenvalue weighted by Gasteiger charge is 2.29. The van der Waals surface area contributed by atoms with Gasteiger partial charge >= 0.3 is 5.97 Å². The van der Waals surface area contributed by atoms with Crippen molar-refractivity contribution in [2.75, 3.05) is 30.3 Å². The number of para-hydroxylation sites is 1. The lowest BCUT2D eigenvalue weighted by molar-refractivity contribution is -0.148. The Morgan fingerprint density at radius 3 is 2.71 bits per heavy atom. The summed E-state index contributed by atoms with van der Waals surface area (Å²) in [5.41, 5.74) is 8.73. The van der Waals surface area contributed by atoms with E-state index in [9.17, 15) is 9.18 Å². The van der Waals surface area contributed by atoms with E-state index in [-0.39, 0.29) is 17.7 Å². The molecule has 0 bridgehead atoms. The summed E-state index contributed by atoms with van der Waals surface area (Å²) in [4.78, 5) is 23.9. The maximum Gasteiger partial charge on any atom is 0.310 e. The normalized spacial score (nSPS) is 16.0. The number of carbonyl (C=O) groups is 1. The van der Waals surface area contributed by atoms with Crippen molar-refractivity contribution < 1.29 is 13.9 Å². The Morgan fingerprint density at radius 2 is 1.97 bits per heavy atom. The first-order valence-electron chi connectivity index (χ1n) is 11.4. The molecule has 1 aliphatic heterocycles. The molecule has 5 rings (SSSR count). The van der Waals surface area contributed by atoms with Gasteiger partial charge in [0.05, 0.1) is 34.3 Å². The molecule has 4 aromatic rings. The van der Waals surface area contributed by atoms with E-state index in [2.05, 4.69) is 5.10 Å². The molecule has 1 saturated heterocycles. The Labute approximate surface area is 206 Å². The number of nitrogens with two attached hydrogens (primary N) is 1. The summed E-state index contributed by atoms with van der Waals surface area (Å²) in [6.07, 6.45) is 1.55. The molecule has 1 atom stereocenters. The first kappa shape index (κ1) is 23.0. The van der Waals surface area contributed by atoms with Gasteiger partial charge in [-0.05, 0) is 56.2 Å². The van der Waals surface area contributed by atoms with Gasteiger partial charge in [-0.3, -0.25) is 4.79 Å². The van der Waals surface area contributed by atoms with Gasteiger partial charge in [-0.1, -0.05) is 23.7 Å². The molecule has 0 amide bonds. The zero-order valence-electron chi connectivity index (χ0n) is 19.1. The number of piperidine rings is 1. The molecule has 35 heavy (non-hydrogen) atoms. The predicted molar refractivity (Wildman–Crippen MR) is 133 cm³/mol. The lowest BCUT2D eigenvalue weighted by atomic mass is 9.98. The highest BCUT2D eigenvalue weighted by Crippen LogP contribution is 2.35. The summed E-state index contributed by atoms with van der Waals surface area (Å²) in [6, 6.07) is 13.3. The topological polar surface area (TPSA) is 99.2 Å². The molecule has 0 unspecified atom stereocenters. The van der Waals surface area contributed by atoms with Crippen LogP contribution in [0.4, 0.5) is 16.2 Å². The number of hydrogen-bond donors (Lipinski definition) is 1. The van der Waals surface area contributed by atoms with Crippen LogP contribution in [-0.4, -0.2) is 45.4 Å². The summed E-state index contributed by atoms with van der Waals surface area (Å²) >= 11 is 6.41. The molecule has 2 aromatic heterocycles. The van der Waals surface area contributed by atoms with Gasteiger partial charge in [-0.25, -0.2) is 14.1 Å². The molecule has 1 fully saturated rings. The average Bonchev–Trinajstić information content (AvgIpc) is 3.20. The van der Waals surface area contributed by atoms with Gasteiger partial charge in [0.2, 0.25) is 5.95 Å². The van der Waals surface area contributed by atoms with Gasteiger partial charge in [0, 0.05) is 18.7 Å². The van der Waals surface area contributed by atoms with Gasteiger partial charge in [-0.2, -0.15) is 4.98 Å². The number of esters is 1. The van der Waals surface area contributed by atoms with Crippen molar-refractivity contribution in [1.29, 1.82) is 0 Å². The number of rotatable bonds is 5. The number of aromatic nitrogens is 4. The summed E-state index contributed by atoms with van der Waals surface area (Å²) < 4.78 is 20.4. The van der Waals surface area contributed by atoms with Crippen molar-refractivity contribution in [1.82, 2.24) is 19.7 Å². The van der Waals surface area contributed by atoms with Crippen LogP contribution in [0, 0.1) is 11.7 Å². The van der Waals surface area contributed by atoms with Gasteiger partial charge in [0.15, 0.2) is 5.65 Å². The van der Waals surface area contributed by atoms with E-state index in [4.69, 9.17) is 32.0 Å². The van der Waals surface area contributed by atoms with E-state index in [0.29, 0.717) is 64.5 Å². The first-order chi connectivity index (χ1) is 17.0. The van der Waals surface area contributed by atoms with E-state index in [0.717, 1.165) is 12.8 Å². The van der Waals surface area contributed by atoms with Crippen LogP contribution in [0.15, 0.2) is 48.5 Å². The van der Waals surface area contributed by atoms with Gasteiger partial charge in [0.25, 0.3) is 0 Å². The van der Waals surface area contributed by atoms with Crippen LogP contribution in [0.2, 0.25) is 5.02 Å². The molecule has 0 saturated carbocycles. The molecule has 180 valence electrons. The molecular formula is C25H24ClFN6O2. The van der Waals surface area contributed by atoms with Crippen molar-refractivity contribution in [3.63, 3.8) is 0 Å². The summed E-state index contributed by atoms with van der Waals surface area (Å²) in [6.45, 7) is 3.26. The Morgan fingerprint density at radius 1 is 1.20 bits per heavy atom. The number of benzene rings is 2. The number of hydrogen-bond acceptors (Lipinski definition) is 7. The summed E-state index contributed by atoms with van der Waals surface area (Å²) in [5.74, 6) is -0.0868. The summed E-state index contributed by atoms with van der Waals surface area (Å²) in [5, 5.41) is 5.67. The van der Waals surface area contributed by atoms with Crippen molar-refractivity contribution in [2.45, 2.75) is 19.8 Å². The van der Waals surface area contributed by atoms with E-state index in [1.165, 1.54) is 16.8 Å². The number of fused-ring (bicyclic) bond motifs is 1. The van der Waals surface area contributed by atoms with E-state index >= 15 is 0 Å². The molecule has 0 spiro atoms. The fraction of sp³-hybridized carbons (Fsp3) is 0.280. The molecule has 2 aromatic carbocycles. The second-order valence-electron chi connectivity index (χ2n) is 8.36. The zero-order chi connectivity index (χ0) is 24.5. The Bertz CT molecular complexity index is 1390. The third-order valence-electron chi connectivity index (χ3n) is 6.08. The second kappa shape index (κ2) is 9.50. The van der Waals surface area contributed by atoms with Crippen molar-refractivity contribution in [3.8, 4) is 16.9 Å². The lowest BCUT2D eigenvalue weighted by Crippen LogP contribution is -2.40. The molecule has 8 nitrogen and oxygen atoms in total.